The van der Waals surface area contributed by atoms with E-state index in [0.29, 0.717) is 18.5 Å². The molecule has 102 valence electrons. The van der Waals surface area contributed by atoms with Crippen LogP contribution in [0.3, 0.4) is 0 Å². The van der Waals surface area contributed by atoms with Gasteiger partial charge in [-0.1, -0.05) is 13.0 Å². The van der Waals surface area contributed by atoms with Gasteiger partial charge in [0.25, 0.3) is 0 Å². The molecule has 1 atom stereocenters. The van der Waals surface area contributed by atoms with Crippen LogP contribution >= 0.6 is 11.6 Å². The zero-order valence-electron chi connectivity index (χ0n) is 10.4. The van der Waals surface area contributed by atoms with E-state index in [1.807, 2.05) is 6.92 Å². The molecular weight excluding hydrogens is 272 g/mol. The molecule has 0 aliphatic heterocycles. The van der Waals surface area contributed by atoms with Crippen molar-refractivity contribution in [1.29, 1.82) is 0 Å². The van der Waals surface area contributed by atoms with Gasteiger partial charge in [0.1, 0.15) is 11.6 Å². The molecular formula is C14H14ClF2NO. The standard InChI is InChI=1S/C14H14ClF2NO/c1-2-18-13(11-5-6-19-14(11)15)7-9-3-4-10(16)8-12(9)17/h3-6,8,13,18H,2,7H2,1H3. The van der Waals surface area contributed by atoms with Crippen molar-refractivity contribution in [3.05, 3.63) is 58.5 Å². The van der Waals surface area contributed by atoms with Gasteiger partial charge in [-0.25, -0.2) is 8.78 Å². The van der Waals surface area contributed by atoms with Crippen LogP contribution in [0.4, 0.5) is 8.78 Å². The van der Waals surface area contributed by atoms with Crippen LogP contribution in [0.1, 0.15) is 24.1 Å². The fourth-order valence-corrected chi connectivity index (χ4v) is 2.25. The maximum atomic E-state index is 13.7. The minimum Gasteiger partial charge on any atom is -0.453 e. The van der Waals surface area contributed by atoms with Crippen molar-refractivity contribution in [2.24, 2.45) is 0 Å². The summed E-state index contributed by atoms with van der Waals surface area (Å²) in [5.41, 5.74) is 1.21. The molecule has 1 heterocycles. The fraction of sp³-hybridized carbons (Fsp3) is 0.286. The van der Waals surface area contributed by atoms with Gasteiger partial charge in [-0.3, -0.25) is 0 Å². The van der Waals surface area contributed by atoms with Gasteiger partial charge < -0.3 is 9.73 Å². The highest BCUT2D eigenvalue weighted by atomic mass is 35.5. The number of hydrogen-bond acceptors (Lipinski definition) is 2. The number of likely N-dealkylation sites (N-methyl/N-ethyl adjacent to an activating group) is 1. The monoisotopic (exact) mass is 285 g/mol. The Morgan fingerprint density at radius 3 is 2.68 bits per heavy atom. The Kier molecular flexibility index (Phi) is 4.56. The van der Waals surface area contributed by atoms with E-state index in [2.05, 4.69) is 5.32 Å². The lowest BCUT2D eigenvalue weighted by Crippen LogP contribution is -2.23. The van der Waals surface area contributed by atoms with Crippen molar-refractivity contribution in [1.82, 2.24) is 5.32 Å². The van der Waals surface area contributed by atoms with Crippen LogP contribution < -0.4 is 5.32 Å². The second-order valence-electron chi connectivity index (χ2n) is 4.20. The van der Waals surface area contributed by atoms with Crippen molar-refractivity contribution in [3.8, 4) is 0 Å². The van der Waals surface area contributed by atoms with E-state index in [1.54, 1.807) is 6.07 Å². The van der Waals surface area contributed by atoms with Crippen molar-refractivity contribution >= 4 is 11.6 Å². The summed E-state index contributed by atoms with van der Waals surface area (Å²) in [5.74, 6) is -1.13. The van der Waals surface area contributed by atoms with E-state index in [0.717, 1.165) is 11.6 Å². The van der Waals surface area contributed by atoms with Crippen LogP contribution in [0.15, 0.2) is 34.9 Å². The summed E-state index contributed by atoms with van der Waals surface area (Å²) >= 11 is 5.94. The predicted octanol–water partition coefficient (Wildman–Crippen LogP) is 4.10. The Labute approximate surface area is 115 Å². The molecule has 5 heteroatoms. The van der Waals surface area contributed by atoms with Gasteiger partial charge in [0.15, 0.2) is 5.22 Å². The third-order valence-corrected chi connectivity index (χ3v) is 3.22. The lowest BCUT2D eigenvalue weighted by atomic mass is 10.0. The van der Waals surface area contributed by atoms with E-state index in [1.165, 1.54) is 18.4 Å². The lowest BCUT2D eigenvalue weighted by Gasteiger charge is -2.17. The summed E-state index contributed by atoms with van der Waals surface area (Å²) in [6.45, 7) is 2.65. The maximum Gasteiger partial charge on any atom is 0.197 e. The van der Waals surface area contributed by atoms with Gasteiger partial charge in [-0.05, 0) is 42.3 Å². The van der Waals surface area contributed by atoms with Crippen LogP contribution in [0, 0.1) is 11.6 Å². The van der Waals surface area contributed by atoms with E-state index < -0.39 is 11.6 Å². The second kappa shape index (κ2) is 6.17. The first kappa shape index (κ1) is 14.0. The van der Waals surface area contributed by atoms with Crippen LogP contribution in [-0.4, -0.2) is 6.54 Å². The Balaban J connectivity index is 2.24. The van der Waals surface area contributed by atoms with Crippen molar-refractivity contribution in [2.75, 3.05) is 6.54 Å². The van der Waals surface area contributed by atoms with E-state index in [-0.39, 0.29) is 11.3 Å². The molecule has 2 nitrogen and oxygen atoms in total. The van der Waals surface area contributed by atoms with Gasteiger partial charge in [-0.2, -0.15) is 0 Å². The first-order chi connectivity index (χ1) is 9.11. The number of benzene rings is 1. The second-order valence-corrected chi connectivity index (χ2v) is 4.54. The Bertz CT molecular complexity index is 556. The molecule has 1 aromatic heterocycles. The summed E-state index contributed by atoms with van der Waals surface area (Å²) in [6.07, 6.45) is 1.86. The molecule has 1 aromatic carbocycles. The number of rotatable bonds is 5. The minimum atomic E-state index is -0.581. The Hall–Kier alpha value is -1.39. The molecule has 0 saturated heterocycles. The van der Waals surface area contributed by atoms with E-state index >= 15 is 0 Å². The molecule has 0 bridgehead atoms. The number of nitrogens with one attached hydrogen (secondary N) is 1. The van der Waals surface area contributed by atoms with E-state index in [9.17, 15) is 8.78 Å². The molecule has 2 rings (SSSR count). The Morgan fingerprint density at radius 1 is 1.32 bits per heavy atom. The molecule has 0 radical (unpaired) electrons. The molecule has 0 saturated carbocycles. The predicted molar refractivity (Wildman–Crippen MR) is 70.2 cm³/mol. The van der Waals surface area contributed by atoms with Crippen LogP contribution in [-0.2, 0) is 6.42 Å². The smallest absolute Gasteiger partial charge is 0.197 e. The van der Waals surface area contributed by atoms with Gasteiger partial charge in [-0.15, -0.1) is 0 Å². The topological polar surface area (TPSA) is 25.2 Å². The van der Waals surface area contributed by atoms with Gasteiger partial charge in [0.2, 0.25) is 0 Å². The highest BCUT2D eigenvalue weighted by Crippen LogP contribution is 2.27. The maximum absolute atomic E-state index is 13.7. The molecule has 0 aliphatic rings. The largest absolute Gasteiger partial charge is 0.453 e. The SMILES string of the molecule is CCNC(Cc1ccc(F)cc1F)c1ccoc1Cl. The highest BCUT2D eigenvalue weighted by molar-refractivity contribution is 6.29. The first-order valence-electron chi connectivity index (χ1n) is 6.02. The molecule has 2 aromatic rings. The van der Waals surface area contributed by atoms with Gasteiger partial charge in [0, 0.05) is 17.7 Å². The fourth-order valence-electron chi connectivity index (χ4n) is 2.00. The van der Waals surface area contributed by atoms with Crippen LogP contribution in [0.25, 0.3) is 0 Å². The summed E-state index contributed by atoms with van der Waals surface area (Å²) in [6, 6.07) is 5.16. The van der Waals surface area contributed by atoms with Crippen LogP contribution in [0.2, 0.25) is 5.22 Å². The summed E-state index contributed by atoms with van der Waals surface area (Å²) in [5, 5.41) is 3.50. The van der Waals surface area contributed by atoms with E-state index in [4.69, 9.17) is 16.0 Å². The lowest BCUT2D eigenvalue weighted by molar-refractivity contribution is 0.509. The zero-order valence-corrected chi connectivity index (χ0v) is 11.2. The first-order valence-corrected chi connectivity index (χ1v) is 6.39. The third-order valence-electron chi connectivity index (χ3n) is 2.91. The summed E-state index contributed by atoms with van der Waals surface area (Å²) in [7, 11) is 0. The number of hydrogen-bond donors (Lipinski definition) is 1. The minimum absolute atomic E-state index is 0.170. The molecule has 19 heavy (non-hydrogen) atoms. The highest BCUT2D eigenvalue weighted by Gasteiger charge is 2.18. The molecule has 1 unspecified atom stereocenters. The molecule has 0 spiro atoms. The number of furan rings is 1. The normalized spacial score (nSPS) is 12.6. The summed E-state index contributed by atoms with van der Waals surface area (Å²) in [4.78, 5) is 0. The molecule has 0 amide bonds. The van der Waals surface area contributed by atoms with Crippen molar-refractivity contribution in [3.63, 3.8) is 0 Å². The van der Waals surface area contributed by atoms with Crippen LogP contribution in [0.5, 0.6) is 0 Å². The number of halogens is 3. The molecule has 0 fully saturated rings. The van der Waals surface area contributed by atoms with Gasteiger partial charge in [0.05, 0.1) is 6.26 Å². The van der Waals surface area contributed by atoms with Crippen molar-refractivity contribution < 1.29 is 13.2 Å². The third kappa shape index (κ3) is 3.33. The Morgan fingerprint density at radius 2 is 2.11 bits per heavy atom. The zero-order chi connectivity index (χ0) is 13.8. The molecule has 1 N–H and O–H groups in total. The average Bonchev–Trinajstić information content (AvgIpc) is 2.78. The molecule has 0 aliphatic carbocycles. The van der Waals surface area contributed by atoms with Gasteiger partial charge >= 0.3 is 0 Å². The quantitative estimate of drug-likeness (QED) is 0.894. The average molecular weight is 286 g/mol. The summed E-state index contributed by atoms with van der Waals surface area (Å²) < 4.78 is 31.6. The van der Waals surface area contributed by atoms with Crippen molar-refractivity contribution in [2.45, 2.75) is 19.4 Å².